The van der Waals surface area contributed by atoms with E-state index in [-0.39, 0.29) is 37.7 Å². The largest absolute Gasteiger partial charge is 0.494 e. The van der Waals surface area contributed by atoms with E-state index in [1.807, 2.05) is 52.8 Å². The maximum absolute atomic E-state index is 13.5. The fourth-order valence-corrected chi connectivity index (χ4v) is 5.22. The predicted octanol–water partition coefficient (Wildman–Crippen LogP) is 5.01. The lowest BCUT2D eigenvalue weighted by atomic mass is 10.0. The number of rotatable bonds is 13. The molecule has 38 heavy (non-hydrogen) atoms. The van der Waals surface area contributed by atoms with Crippen molar-refractivity contribution in [2.45, 2.75) is 72.0 Å². The molecule has 2 aromatic rings. The van der Waals surface area contributed by atoms with Gasteiger partial charge in [-0.1, -0.05) is 36.7 Å². The van der Waals surface area contributed by atoms with Crippen molar-refractivity contribution in [2.75, 3.05) is 23.7 Å². The molecule has 2 rings (SSSR count). The average molecular weight is 566 g/mol. The van der Waals surface area contributed by atoms with Crippen LogP contribution in [0.1, 0.15) is 59.4 Å². The molecule has 0 heterocycles. The van der Waals surface area contributed by atoms with Crippen LogP contribution < -0.4 is 14.4 Å². The molecule has 0 bridgehead atoms. The molecular formula is C28H40ClN3O5S. The third-order valence-electron chi connectivity index (χ3n) is 5.77. The van der Waals surface area contributed by atoms with Gasteiger partial charge in [0.05, 0.1) is 18.6 Å². The first-order valence-corrected chi connectivity index (χ1v) is 15.0. The summed E-state index contributed by atoms with van der Waals surface area (Å²) in [6.07, 6.45) is 1.89. The highest BCUT2D eigenvalue weighted by atomic mass is 35.5. The van der Waals surface area contributed by atoms with Crippen molar-refractivity contribution in [3.05, 3.63) is 59.1 Å². The van der Waals surface area contributed by atoms with Gasteiger partial charge in [0.1, 0.15) is 11.8 Å². The fourth-order valence-electron chi connectivity index (χ4n) is 4.06. The summed E-state index contributed by atoms with van der Waals surface area (Å²) in [4.78, 5) is 28.2. The highest BCUT2D eigenvalue weighted by Gasteiger charge is 2.31. The van der Waals surface area contributed by atoms with Crippen LogP contribution in [0.2, 0.25) is 5.02 Å². The zero-order chi connectivity index (χ0) is 28.5. The molecule has 2 amide bonds. The molecule has 0 saturated carbocycles. The summed E-state index contributed by atoms with van der Waals surface area (Å²) in [6.45, 7) is 10.2. The first kappa shape index (κ1) is 31.4. The van der Waals surface area contributed by atoms with E-state index in [0.717, 1.165) is 11.8 Å². The Hall–Kier alpha value is -2.78. The smallest absolute Gasteiger partial charge is 0.243 e. The van der Waals surface area contributed by atoms with E-state index in [0.29, 0.717) is 29.5 Å². The van der Waals surface area contributed by atoms with E-state index in [1.165, 1.54) is 4.31 Å². The molecule has 0 aliphatic rings. The average Bonchev–Trinajstić information content (AvgIpc) is 2.82. The van der Waals surface area contributed by atoms with E-state index >= 15 is 0 Å². The molecule has 8 nitrogen and oxygen atoms in total. The second-order valence-electron chi connectivity index (χ2n) is 10.1. The minimum absolute atomic E-state index is 0.0623. The van der Waals surface area contributed by atoms with Crippen molar-refractivity contribution in [3.63, 3.8) is 0 Å². The molecule has 0 spiro atoms. The lowest BCUT2D eigenvalue weighted by Crippen LogP contribution is -2.53. The highest BCUT2D eigenvalue weighted by Crippen LogP contribution is 2.24. The first-order chi connectivity index (χ1) is 17.8. The van der Waals surface area contributed by atoms with E-state index in [9.17, 15) is 18.0 Å². The molecular weight excluding hydrogens is 526 g/mol. The SMILES string of the molecule is CCOc1ccc(N(CCCC(=O)N(Cc2ccccc2Cl)[C@@H](CC)C(=O)NC(C)(C)C)S(C)(=O)=O)cc1. The predicted molar refractivity (Wildman–Crippen MR) is 153 cm³/mol. The minimum Gasteiger partial charge on any atom is -0.494 e. The van der Waals surface area contributed by atoms with Crippen molar-refractivity contribution in [3.8, 4) is 5.75 Å². The zero-order valence-electron chi connectivity index (χ0n) is 23.2. The lowest BCUT2D eigenvalue weighted by molar-refractivity contribution is -0.142. The normalized spacial score (nSPS) is 12.5. The summed E-state index contributed by atoms with van der Waals surface area (Å²) in [6, 6.07) is 13.3. The van der Waals surface area contributed by atoms with Gasteiger partial charge in [0.15, 0.2) is 0 Å². The highest BCUT2D eigenvalue weighted by molar-refractivity contribution is 7.92. The quantitative estimate of drug-likeness (QED) is 0.368. The first-order valence-electron chi connectivity index (χ1n) is 12.8. The van der Waals surface area contributed by atoms with Gasteiger partial charge in [-0.15, -0.1) is 0 Å². The summed E-state index contributed by atoms with van der Waals surface area (Å²) in [7, 11) is -3.58. The maximum atomic E-state index is 13.5. The topological polar surface area (TPSA) is 96.0 Å². The van der Waals surface area contributed by atoms with Gasteiger partial charge >= 0.3 is 0 Å². The number of nitrogens with zero attached hydrogens (tertiary/aromatic N) is 2. The van der Waals surface area contributed by atoms with Crippen molar-refractivity contribution in [1.82, 2.24) is 10.2 Å². The number of nitrogens with one attached hydrogen (secondary N) is 1. The molecule has 0 saturated heterocycles. The molecule has 1 atom stereocenters. The Morgan fingerprint density at radius 3 is 2.21 bits per heavy atom. The fraction of sp³-hybridized carbons (Fsp3) is 0.500. The van der Waals surface area contributed by atoms with Crippen LogP contribution in [-0.2, 0) is 26.2 Å². The van der Waals surface area contributed by atoms with Crippen LogP contribution in [-0.4, -0.2) is 56.1 Å². The van der Waals surface area contributed by atoms with Crippen LogP contribution in [0.5, 0.6) is 5.75 Å². The second-order valence-corrected chi connectivity index (χ2v) is 12.5. The summed E-state index contributed by atoms with van der Waals surface area (Å²) < 4.78 is 31.8. The Kier molecular flexibility index (Phi) is 11.5. The molecule has 0 radical (unpaired) electrons. The monoisotopic (exact) mass is 565 g/mol. The number of ether oxygens (including phenoxy) is 1. The van der Waals surface area contributed by atoms with Gasteiger partial charge in [-0.25, -0.2) is 8.42 Å². The van der Waals surface area contributed by atoms with Crippen molar-refractivity contribution < 1.29 is 22.7 Å². The van der Waals surface area contributed by atoms with Crippen LogP contribution in [0.15, 0.2) is 48.5 Å². The minimum atomic E-state index is -3.58. The Morgan fingerprint density at radius 1 is 1.05 bits per heavy atom. The van der Waals surface area contributed by atoms with Crippen LogP contribution in [0.25, 0.3) is 0 Å². The van der Waals surface area contributed by atoms with E-state index in [4.69, 9.17) is 16.3 Å². The Balaban J connectivity index is 2.23. The molecule has 0 aliphatic heterocycles. The van der Waals surface area contributed by atoms with Crippen molar-refractivity contribution in [2.24, 2.45) is 0 Å². The van der Waals surface area contributed by atoms with Crippen LogP contribution in [0, 0.1) is 0 Å². The number of carbonyl (C=O) groups is 2. The molecule has 10 heteroatoms. The summed E-state index contributed by atoms with van der Waals surface area (Å²) in [5.41, 5.74) is 0.765. The molecule has 2 aromatic carbocycles. The Labute approximate surface area is 232 Å². The molecule has 0 fully saturated rings. The Bertz CT molecular complexity index is 1180. The summed E-state index contributed by atoms with van der Waals surface area (Å²) in [5.74, 6) is 0.155. The van der Waals surface area contributed by atoms with Gasteiger partial charge in [-0.2, -0.15) is 0 Å². The van der Waals surface area contributed by atoms with E-state index in [1.54, 1.807) is 35.2 Å². The van der Waals surface area contributed by atoms with Crippen LogP contribution in [0.3, 0.4) is 0 Å². The third-order valence-corrected chi connectivity index (χ3v) is 7.33. The number of carbonyl (C=O) groups excluding carboxylic acids is 2. The van der Waals surface area contributed by atoms with Gasteiger partial charge in [-0.3, -0.25) is 13.9 Å². The third kappa shape index (κ3) is 9.51. The zero-order valence-corrected chi connectivity index (χ0v) is 24.7. The molecule has 210 valence electrons. The van der Waals surface area contributed by atoms with Gasteiger partial charge in [-0.05, 0) is 76.4 Å². The number of amides is 2. The molecule has 0 unspecified atom stereocenters. The number of anilines is 1. The maximum Gasteiger partial charge on any atom is 0.243 e. The van der Waals surface area contributed by atoms with Gasteiger partial charge < -0.3 is 15.0 Å². The van der Waals surface area contributed by atoms with Crippen molar-refractivity contribution >= 4 is 39.1 Å². The number of hydrogen-bond donors (Lipinski definition) is 1. The number of hydrogen-bond acceptors (Lipinski definition) is 5. The van der Waals surface area contributed by atoms with Gasteiger partial charge in [0, 0.05) is 30.1 Å². The van der Waals surface area contributed by atoms with Crippen LogP contribution >= 0.6 is 11.6 Å². The summed E-state index contributed by atoms with van der Waals surface area (Å²) in [5, 5.41) is 3.48. The number of benzene rings is 2. The number of sulfonamides is 1. The molecule has 0 aliphatic carbocycles. The number of halogens is 1. The van der Waals surface area contributed by atoms with Crippen molar-refractivity contribution in [1.29, 1.82) is 0 Å². The molecule has 0 aromatic heterocycles. The second kappa shape index (κ2) is 13.8. The Morgan fingerprint density at radius 2 is 1.68 bits per heavy atom. The van der Waals surface area contributed by atoms with Gasteiger partial charge in [0.2, 0.25) is 21.8 Å². The van der Waals surface area contributed by atoms with E-state index in [2.05, 4.69) is 5.32 Å². The van der Waals surface area contributed by atoms with E-state index < -0.39 is 21.6 Å². The lowest BCUT2D eigenvalue weighted by Gasteiger charge is -2.33. The van der Waals surface area contributed by atoms with Crippen LogP contribution in [0.4, 0.5) is 5.69 Å². The molecule has 1 N–H and O–H groups in total. The standard InChI is InChI=1S/C28H40ClN3O5S/c1-7-25(27(34)30-28(3,4)5)31(20-21-12-9-10-13-24(21)29)26(33)14-11-19-32(38(6,35)36)22-15-17-23(18-16-22)37-8-2/h9-10,12-13,15-18,25H,7-8,11,14,19-20H2,1-6H3,(H,30,34)/t25-/m0/s1. The van der Waals surface area contributed by atoms with Gasteiger partial charge in [0.25, 0.3) is 0 Å². The summed E-state index contributed by atoms with van der Waals surface area (Å²) >= 11 is 6.38.